The molecule has 2 aromatic carbocycles. The average molecular weight is 368 g/mol. The summed E-state index contributed by atoms with van der Waals surface area (Å²) < 4.78 is 11.2. The number of nitrogens with one attached hydrogen (secondary N) is 2. The van der Waals surface area contributed by atoms with Gasteiger partial charge in [-0.1, -0.05) is 26.0 Å². The summed E-state index contributed by atoms with van der Waals surface area (Å²) >= 11 is 0. The predicted molar refractivity (Wildman–Crippen MR) is 103 cm³/mol. The topological polar surface area (TPSA) is 76.7 Å². The van der Waals surface area contributed by atoms with E-state index in [1.807, 2.05) is 18.2 Å². The van der Waals surface area contributed by atoms with E-state index in [0.29, 0.717) is 30.2 Å². The Labute approximate surface area is 158 Å². The number of rotatable bonds is 5. The van der Waals surface area contributed by atoms with Crippen LogP contribution in [0.1, 0.15) is 42.7 Å². The molecule has 1 atom stereocenters. The normalized spacial score (nSPS) is 13.8. The van der Waals surface area contributed by atoms with Gasteiger partial charge >= 0.3 is 0 Å². The van der Waals surface area contributed by atoms with E-state index in [-0.39, 0.29) is 23.8 Å². The van der Waals surface area contributed by atoms with Gasteiger partial charge in [0.2, 0.25) is 5.91 Å². The Bertz CT molecular complexity index is 848. The summed E-state index contributed by atoms with van der Waals surface area (Å²) in [5.41, 5.74) is 2.04. The summed E-state index contributed by atoms with van der Waals surface area (Å²) in [4.78, 5) is 24.0. The number of anilines is 1. The molecule has 0 aromatic heterocycles. The molecule has 6 nitrogen and oxygen atoms in total. The third-order valence-corrected chi connectivity index (χ3v) is 4.32. The number of hydrogen-bond donors (Lipinski definition) is 2. The molecule has 0 unspecified atom stereocenters. The summed E-state index contributed by atoms with van der Waals surface area (Å²) in [5, 5.41) is 5.78. The lowest BCUT2D eigenvalue weighted by Gasteiger charge is -2.25. The van der Waals surface area contributed by atoms with E-state index in [1.165, 1.54) is 6.92 Å². The number of amides is 2. The summed E-state index contributed by atoms with van der Waals surface area (Å²) in [5.74, 6) is 1.22. The van der Waals surface area contributed by atoms with Crippen molar-refractivity contribution in [1.29, 1.82) is 0 Å². The Balaban J connectivity index is 1.80. The summed E-state index contributed by atoms with van der Waals surface area (Å²) in [6.07, 6.45) is 0. The highest BCUT2D eigenvalue weighted by Crippen LogP contribution is 2.34. The molecule has 2 amide bonds. The van der Waals surface area contributed by atoms with E-state index in [1.54, 1.807) is 24.3 Å². The Morgan fingerprint density at radius 2 is 1.74 bits per heavy atom. The molecule has 0 saturated carbocycles. The van der Waals surface area contributed by atoms with Crippen LogP contribution in [0.5, 0.6) is 11.5 Å². The SMILES string of the molecule is CC(=O)Nc1cccc(C(=O)N[C@H](c2ccc3c(c2)OCCO3)C(C)C)c1. The molecule has 0 bridgehead atoms. The van der Waals surface area contributed by atoms with Crippen molar-refractivity contribution in [2.45, 2.75) is 26.8 Å². The van der Waals surface area contributed by atoms with Crippen LogP contribution in [0.2, 0.25) is 0 Å². The van der Waals surface area contributed by atoms with Gasteiger partial charge in [0.1, 0.15) is 13.2 Å². The van der Waals surface area contributed by atoms with Crippen molar-refractivity contribution in [3.63, 3.8) is 0 Å². The number of carbonyl (C=O) groups is 2. The fourth-order valence-electron chi connectivity index (χ4n) is 3.05. The van der Waals surface area contributed by atoms with Crippen molar-refractivity contribution in [2.24, 2.45) is 5.92 Å². The number of carbonyl (C=O) groups excluding carboxylic acids is 2. The molecule has 1 aliphatic rings. The molecule has 0 radical (unpaired) electrons. The third kappa shape index (κ3) is 4.58. The van der Waals surface area contributed by atoms with Crippen molar-refractivity contribution in [3.05, 3.63) is 53.6 Å². The van der Waals surface area contributed by atoms with Gasteiger partial charge in [-0.2, -0.15) is 0 Å². The smallest absolute Gasteiger partial charge is 0.251 e. The van der Waals surface area contributed by atoms with Crippen LogP contribution in [0.3, 0.4) is 0 Å². The Morgan fingerprint density at radius 1 is 1.00 bits per heavy atom. The summed E-state index contributed by atoms with van der Waals surface area (Å²) in [6.45, 7) is 6.60. The zero-order chi connectivity index (χ0) is 19.4. The van der Waals surface area contributed by atoms with Crippen LogP contribution >= 0.6 is 0 Å². The van der Waals surface area contributed by atoms with E-state index in [2.05, 4.69) is 24.5 Å². The third-order valence-electron chi connectivity index (χ3n) is 4.32. The first-order valence-electron chi connectivity index (χ1n) is 9.02. The minimum atomic E-state index is -0.198. The first-order chi connectivity index (χ1) is 12.9. The molecule has 0 fully saturated rings. The quantitative estimate of drug-likeness (QED) is 0.846. The maximum absolute atomic E-state index is 12.8. The molecule has 0 spiro atoms. The zero-order valence-electron chi connectivity index (χ0n) is 15.7. The van der Waals surface area contributed by atoms with Crippen molar-refractivity contribution in [2.75, 3.05) is 18.5 Å². The van der Waals surface area contributed by atoms with Crippen LogP contribution in [-0.4, -0.2) is 25.0 Å². The summed E-state index contributed by atoms with van der Waals surface area (Å²) in [7, 11) is 0. The van der Waals surface area contributed by atoms with Crippen LogP contribution in [0, 0.1) is 5.92 Å². The van der Waals surface area contributed by atoms with Crippen molar-refractivity contribution >= 4 is 17.5 Å². The highest BCUT2D eigenvalue weighted by molar-refractivity contribution is 5.97. The van der Waals surface area contributed by atoms with E-state index in [4.69, 9.17) is 9.47 Å². The maximum atomic E-state index is 12.8. The molecule has 27 heavy (non-hydrogen) atoms. The molecule has 1 aliphatic heterocycles. The average Bonchev–Trinajstić information content (AvgIpc) is 2.65. The fourth-order valence-corrected chi connectivity index (χ4v) is 3.05. The standard InChI is InChI=1S/C21H24N2O4/c1-13(2)20(15-7-8-18-19(12-15)27-10-9-26-18)23-21(25)16-5-4-6-17(11-16)22-14(3)24/h4-8,11-13,20H,9-10H2,1-3H3,(H,22,24)(H,23,25)/t20-/m0/s1. The zero-order valence-corrected chi connectivity index (χ0v) is 15.7. The Morgan fingerprint density at radius 3 is 2.44 bits per heavy atom. The highest BCUT2D eigenvalue weighted by atomic mass is 16.6. The van der Waals surface area contributed by atoms with Gasteiger partial charge in [0, 0.05) is 18.2 Å². The molecule has 1 heterocycles. The second-order valence-electron chi connectivity index (χ2n) is 6.86. The summed E-state index contributed by atoms with van der Waals surface area (Å²) in [6, 6.07) is 12.5. The van der Waals surface area contributed by atoms with Gasteiger partial charge in [0.25, 0.3) is 5.91 Å². The van der Waals surface area contributed by atoms with E-state index in [0.717, 1.165) is 11.3 Å². The van der Waals surface area contributed by atoms with Gasteiger partial charge in [-0.25, -0.2) is 0 Å². The van der Waals surface area contributed by atoms with Gasteiger partial charge in [-0.3, -0.25) is 9.59 Å². The van der Waals surface area contributed by atoms with Crippen molar-refractivity contribution < 1.29 is 19.1 Å². The molecular formula is C21H24N2O4. The van der Waals surface area contributed by atoms with Gasteiger partial charge in [-0.15, -0.1) is 0 Å². The lowest BCUT2D eigenvalue weighted by atomic mass is 9.95. The lowest BCUT2D eigenvalue weighted by molar-refractivity contribution is -0.114. The molecule has 2 aromatic rings. The van der Waals surface area contributed by atoms with E-state index in [9.17, 15) is 9.59 Å². The Hall–Kier alpha value is -3.02. The molecule has 0 aliphatic carbocycles. The fraction of sp³-hybridized carbons (Fsp3) is 0.333. The van der Waals surface area contributed by atoms with Crippen molar-refractivity contribution in [1.82, 2.24) is 5.32 Å². The van der Waals surface area contributed by atoms with Crippen LogP contribution in [-0.2, 0) is 4.79 Å². The van der Waals surface area contributed by atoms with Crippen LogP contribution < -0.4 is 20.1 Å². The number of fused-ring (bicyclic) bond motifs is 1. The first kappa shape index (κ1) is 18.8. The van der Waals surface area contributed by atoms with Gasteiger partial charge < -0.3 is 20.1 Å². The number of hydrogen-bond acceptors (Lipinski definition) is 4. The number of ether oxygens (including phenoxy) is 2. The molecule has 6 heteroatoms. The lowest BCUT2D eigenvalue weighted by Crippen LogP contribution is -2.32. The molecule has 3 rings (SSSR count). The second-order valence-corrected chi connectivity index (χ2v) is 6.86. The van der Waals surface area contributed by atoms with Gasteiger partial charge in [-0.05, 0) is 41.8 Å². The van der Waals surface area contributed by atoms with Crippen LogP contribution in [0.15, 0.2) is 42.5 Å². The first-order valence-corrected chi connectivity index (χ1v) is 9.02. The predicted octanol–water partition coefficient (Wildman–Crippen LogP) is 3.54. The molecule has 0 saturated heterocycles. The van der Waals surface area contributed by atoms with E-state index < -0.39 is 0 Å². The molecular weight excluding hydrogens is 344 g/mol. The minimum Gasteiger partial charge on any atom is -0.486 e. The second kappa shape index (κ2) is 8.12. The van der Waals surface area contributed by atoms with Crippen LogP contribution in [0.25, 0.3) is 0 Å². The highest BCUT2D eigenvalue weighted by Gasteiger charge is 2.22. The number of benzene rings is 2. The van der Waals surface area contributed by atoms with Gasteiger partial charge in [0.05, 0.1) is 6.04 Å². The van der Waals surface area contributed by atoms with Crippen LogP contribution in [0.4, 0.5) is 5.69 Å². The largest absolute Gasteiger partial charge is 0.486 e. The molecule has 142 valence electrons. The molecule has 2 N–H and O–H groups in total. The van der Waals surface area contributed by atoms with Gasteiger partial charge in [0.15, 0.2) is 11.5 Å². The maximum Gasteiger partial charge on any atom is 0.251 e. The monoisotopic (exact) mass is 368 g/mol. The Kier molecular flexibility index (Phi) is 5.64. The van der Waals surface area contributed by atoms with Crippen molar-refractivity contribution in [3.8, 4) is 11.5 Å². The minimum absolute atomic E-state index is 0.176. The van der Waals surface area contributed by atoms with E-state index >= 15 is 0 Å².